The average Bonchev–Trinajstić information content (AvgIpc) is 3.14. The lowest BCUT2D eigenvalue weighted by molar-refractivity contribution is -0.148. The fraction of sp³-hybridized carbons (Fsp3) is 0.867. The molecule has 2 amide bonds. The molecule has 2 atom stereocenters. The summed E-state index contributed by atoms with van der Waals surface area (Å²) in [6.07, 6.45) is 6.59. The van der Waals surface area contributed by atoms with Gasteiger partial charge in [-0.15, -0.1) is 0 Å². The normalized spacial score (nSPS) is 31.0. The molecule has 0 aromatic heterocycles. The quantitative estimate of drug-likeness (QED) is 0.727. The first-order chi connectivity index (χ1) is 10.1. The molecular weight excluding hydrogens is 270 g/mol. The van der Waals surface area contributed by atoms with Gasteiger partial charge in [-0.2, -0.15) is 0 Å². The third-order valence-electron chi connectivity index (χ3n) is 5.52. The topological polar surface area (TPSA) is 81.7 Å². The SMILES string of the molecule is O=C(NCC1(C(=O)O)CCCC1)NC1CCN2CCCC12. The van der Waals surface area contributed by atoms with E-state index < -0.39 is 11.4 Å². The Balaban J connectivity index is 1.49. The van der Waals surface area contributed by atoms with Gasteiger partial charge in [0.2, 0.25) is 0 Å². The highest BCUT2D eigenvalue weighted by atomic mass is 16.4. The van der Waals surface area contributed by atoms with Crippen LogP contribution in [-0.4, -0.2) is 53.7 Å². The summed E-state index contributed by atoms with van der Waals surface area (Å²) in [6, 6.07) is 0.494. The number of amides is 2. The van der Waals surface area contributed by atoms with Crippen molar-refractivity contribution in [2.75, 3.05) is 19.6 Å². The van der Waals surface area contributed by atoms with Crippen LogP contribution in [0, 0.1) is 5.41 Å². The molecule has 0 aromatic rings. The number of hydrogen-bond acceptors (Lipinski definition) is 3. The summed E-state index contributed by atoms with van der Waals surface area (Å²) in [4.78, 5) is 26.0. The van der Waals surface area contributed by atoms with Crippen LogP contribution >= 0.6 is 0 Å². The van der Waals surface area contributed by atoms with Crippen molar-refractivity contribution in [2.45, 2.75) is 57.0 Å². The Morgan fingerprint density at radius 1 is 1.14 bits per heavy atom. The predicted octanol–water partition coefficient (Wildman–Crippen LogP) is 1.17. The van der Waals surface area contributed by atoms with E-state index in [1.807, 2.05) is 0 Å². The lowest BCUT2D eigenvalue weighted by atomic mass is 9.86. The van der Waals surface area contributed by atoms with E-state index in [-0.39, 0.29) is 18.6 Å². The number of nitrogens with zero attached hydrogens (tertiary/aromatic N) is 1. The van der Waals surface area contributed by atoms with Gasteiger partial charge in [-0.1, -0.05) is 12.8 Å². The molecule has 21 heavy (non-hydrogen) atoms. The molecule has 3 fully saturated rings. The van der Waals surface area contributed by atoms with E-state index in [0.717, 1.165) is 38.8 Å². The highest BCUT2D eigenvalue weighted by Gasteiger charge is 2.42. The minimum atomic E-state index is -0.775. The van der Waals surface area contributed by atoms with Crippen molar-refractivity contribution in [2.24, 2.45) is 5.41 Å². The van der Waals surface area contributed by atoms with Crippen LogP contribution in [0.5, 0.6) is 0 Å². The molecule has 118 valence electrons. The fourth-order valence-electron chi connectivity index (χ4n) is 4.24. The van der Waals surface area contributed by atoms with E-state index in [2.05, 4.69) is 15.5 Å². The molecular formula is C15H25N3O3. The van der Waals surface area contributed by atoms with Gasteiger partial charge in [-0.25, -0.2) is 4.79 Å². The Morgan fingerprint density at radius 2 is 1.90 bits per heavy atom. The lowest BCUT2D eigenvalue weighted by Gasteiger charge is -2.26. The Bertz CT molecular complexity index is 420. The molecule has 0 spiro atoms. The number of rotatable bonds is 4. The van der Waals surface area contributed by atoms with Crippen LogP contribution < -0.4 is 10.6 Å². The summed E-state index contributed by atoms with van der Waals surface area (Å²) in [7, 11) is 0. The molecule has 1 aliphatic carbocycles. The number of carboxylic acid groups (broad SMARTS) is 1. The zero-order chi connectivity index (χ0) is 14.9. The number of aliphatic carboxylic acids is 1. The maximum atomic E-state index is 12.1. The third kappa shape index (κ3) is 2.86. The molecule has 3 aliphatic rings. The number of carbonyl (C=O) groups excluding carboxylic acids is 1. The van der Waals surface area contributed by atoms with Crippen molar-refractivity contribution in [3.63, 3.8) is 0 Å². The summed E-state index contributed by atoms with van der Waals surface area (Å²) in [5.41, 5.74) is -0.744. The van der Waals surface area contributed by atoms with E-state index in [9.17, 15) is 14.7 Å². The zero-order valence-electron chi connectivity index (χ0n) is 12.4. The molecule has 0 bridgehead atoms. The van der Waals surface area contributed by atoms with Crippen LogP contribution in [0.15, 0.2) is 0 Å². The Morgan fingerprint density at radius 3 is 2.62 bits per heavy atom. The van der Waals surface area contributed by atoms with Crippen molar-refractivity contribution in [1.29, 1.82) is 0 Å². The first-order valence-corrected chi connectivity index (χ1v) is 8.13. The van der Waals surface area contributed by atoms with Gasteiger partial charge in [0.05, 0.1) is 5.41 Å². The number of nitrogens with one attached hydrogen (secondary N) is 2. The Hall–Kier alpha value is -1.30. The minimum absolute atomic E-state index is 0.207. The average molecular weight is 295 g/mol. The van der Waals surface area contributed by atoms with E-state index in [0.29, 0.717) is 18.9 Å². The zero-order valence-corrected chi connectivity index (χ0v) is 12.4. The molecule has 6 nitrogen and oxygen atoms in total. The second-order valence-corrected chi connectivity index (χ2v) is 6.76. The number of fused-ring (bicyclic) bond motifs is 1. The number of urea groups is 1. The molecule has 2 aliphatic heterocycles. The minimum Gasteiger partial charge on any atom is -0.481 e. The van der Waals surface area contributed by atoms with Crippen LogP contribution in [0.1, 0.15) is 44.9 Å². The van der Waals surface area contributed by atoms with Gasteiger partial charge in [0.1, 0.15) is 0 Å². The fourth-order valence-corrected chi connectivity index (χ4v) is 4.24. The maximum Gasteiger partial charge on any atom is 0.315 e. The van der Waals surface area contributed by atoms with Crippen molar-refractivity contribution >= 4 is 12.0 Å². The Kier molecular flexibility index (Phi) is 4.06. The largest absolute Gasteiger partial charge is 0.481 e. The first kappa shape index (κ1) is 14.6. The van der Waals surface area contributed by atoms with Gasteiger partial charge in [-0.3, -0.25) is 9.69 Å². The second-order valence-electron chi connectivity index (χ2n) is 6.76. The van der Waals surface area contributed by atoms with E-state index >= 15 is 0 Å². The van der Waals surface area contributed by atoms with E-state index in [4.69, 9.17) is 0 Å². The van der Waals surface area contributed by atoms with E-state index in [1.165, 1.54) is 6.42 Å². The van der Waals surface area contributed by atoms with Gasteiger partial charge in [0.25, 0.3) is 0 Å². The molecule has 1 saturated carbocycles. The number of carboxylic acids is 1. The molecule has 3 rings (SSSR count). The monoisotopic (exact) mass is 295 g/mol. The smallest absolute Gasteiger partial charge is 0.315 e. The van der Waals surface area contributed by atoms with Crippen LogP contribution in [0.4, 0.5) is 4.79 Å². The van der Waals surface area contributed by atoms with Crippen LogP contribution in [0.25, 0.3) is 0 Å². The summed E-state index contributed by atoms with van der Waals surface area (Å²) >= 11 is 0. The van der Waals surface area contributed by atoms with Gasteiger partial charge < -0.3 is 15.7 Å². The molecule has 2 heterocycles. The van der Waals surface area contributed by atoms with Gasteiger partial charge in [0, 0.05) is 25.2 Å². The van der Waals surface area contributed by atoms with Crippen molar-refractivity contribution in [3.8, 4) is 0 Å². The third-order valence-corrected chi connectivity index (χ3v) is 5.52. The number of carbonyl (C=O) groups is 2. The summed E-state index contributed by atoms with van der Waals surface area (Å²) < 4.78 is 0. The Labute approximate surface area is 125 Å². The standard InChI is InChI=1S/C15H25N3O3/c19-13(20)15(6-1-2-7-15)10-16-14(21)17-11-5-9-18-8-3-4-12(11)18/h11-12H,1-10H2,(H,19,20)(H2,16,17,21). The van der Waals surface area contributed by atoms with Crippen molar-refractivity contribution in [1.82, 2.24) is 15.5 Å². The predicted molar refractivity (Wildman–Crippen MR) is 78.1 cm³/mol. The van der Waals surface area contributed by atoms with Crippen LogP contribution in [0.2, 0.25) is 0 Å². The van der Waals surface area contributed by atoms with Crippen LogP contribution in [0.3, 0.4) is 0 Å². The highest BCUT2D eigenvalue weighted by molar-refractivity contribution is 5.78. The van der Waals surface area contributed by atoms with Gasteiger partial charge in [-0.05, 0) is 38.6 Å². The molecule has 2 unspecified atom stereocenters. The first-order valence-electron chi connectivity index (χ1n) is 8.13. The maximum absolute atomic E-state index is 12.1. The van der Waals surface area contributed by atoms with Gasteiger partial charge >= 0.3 is 12.0 Å². The lowest BCUT2D eigenvalue weighted by Crippen LogP contribution is -2.50. The molecule has 3 N–H and O–H groups in total. The second kappa shape index (κ2) is 5.83. The summed E-state index contributed by atoms with van der Waals surface area (Å²) in [5, 5.41) is 15.3. The van der Waals surface area contributed by atoms with Crippen LogP contribution in [-0.2, 0) is 4.79 Å². The highest BCUT2D eigenvalue weighted by Crippen LogP contribution is 2.37. The van der Waals surface area contributed by atoms with E-state index in [1.54, 1.807) is 0 Å². The molecule has 2 saturated heterocycles. The van der Waals surface area contributed by atoms with Gasteiger partial charge in [0.15, 0.2) is 0 Å². The van der Waals surface area contributed by atoms with Crippen molar-refractivity contribution < 1.29 is 14.7 Å². The molecule has 6 heteroatoms. The van der Waals surface area contributed by atoms with Crippen molar-refractivity contribution in [3.05, 3.63) is 0 Å². The number of hydrogen-bond donors (Lipinski definition) is 3. The molecule has 0 radical (unpaired) electrons. The summed E-state index contributed by atoms with van der Waals surface area (Å²) in [6.45, 7) is 2.45. The summed E-state index contributed by atoms with van der Waals surface area (Å²) in [5.74, 6) is -0.775. The molecule has 0 aromatic carbocycles.